The van der Waals surface area contributed by atoms with Crippen molar-refractivity contribution in [1.29, 1.82) is 0 Å². The first kappa shape index (κ1) is 13.3. The fraction of sp³-hybridized carbons (Fsp3) is 0.818. The van der Waals surface area contributed by atoms with Gasteiger partial charge in [0.15, 0.2) is 4.34 Å². The summed E-state index contributed by atoms with van der Waals surface area (Å²) in [5, 5.41) is 13.4. The Balaban J connectivity index is 1.98. The van der Waals surface area contributed by atoms with Gasteiger partial charge in [0, 0.05) is 10.8 Å². The topological polar surface area (TPSA) is 58.0 Å². The molecule has 2 N–H and O–H groups in total. The van der Waals surface area contributed by atoms with Gasteiger partial charge in [-0.3, -0.25) is 0 Å². The third-order valence-electron chi connectivity index (χ3n) is 3.41. The van der Waals surface area contributed by atoms with Crippen molar-refractivity contribution < 1.29 is 5.11 Å². The van der Waals surface area contributed by atoms with Gasteiger partial charge in [-0.25, -0.2) is 4.98 Å². The summed E-state index contributed by atoms with van der Waals surface area (Å²) in [6.07, 6.45) is 4.43. The number of hydrogen-bond acceptors (Lipinski definition) is 6. The van der Waals surface area contributed by atoms with E-state index in [-0.39, 0.29) is 12.1 Å². The molecule has 0 amide bonds. The standard InChI is InChI=1S/C11H19N3OS2/c1-8-13-10(17-14-8)16-9-4-3-5-11(6-9,7-15)12-2/h9,12,15H,3-7H2,1-2H3. The predicted octanol–water partition coefficient (Wildman–Crippen LogP) is 1.83. The lowest BCUT2D eigenvalue weighted by Gasteiger charge is -2.39. The van der Waals surface area contributed by atoms with Crippen LogP contribution in [0.15, 0.2) is 4.34 Å². The van der Waals surface area contributed by atoms with Crippen LogP contribution in [0.1, 0.15) is 31.5 Å². The van der Waals surface area contributed by atoms with E-state index in [1.165, 1.54) is 18.0 Å². The van der Waals surface area contributed by atoms with Gasteiger partial charge in [-0.2, -0.15) is 4.37 Å². The minimum Gasteiger partial charge on any atom is -0.394 e. The fourth-order valence-electron chi connectivity index (χ4n) is 2.33. The molecule has 1 heterocycles. The minimum absolute atomic E-state index is 0.0876. The van der Waals surface area contributed by atoms with Gasteiger partial charge in [-0.1, -0.05) is 18.2 Å². The van der Waals surface area contributed by atoms with Gasteiger partial charge in [-0.15, -0.1) is 0 Å². The molecule has 4 nitrogen and oxygen atoms in total. The average molecular weight is 273 g/mol. The van der Waals surface area contributed by atoms with Crippen LogP contribution in [0.4, 0.5) is 0 Å². The average Bonchev–Trinajstić information content (AvgIpc) is 2.75. The summed E-state index contributed by atoms with van der Waals surface area (Å²) in [7, 11) is 1.94. The Hall–Kier alpha value is -0.170. The maximum atomic E-state index is 9.53. The van der Waals surface area contributed by atoms with E-state index in [0.717, 1.165) is 29.4 Å². The normalized spacial score (nSPS) is 29.5. The Morgan fingerprint density at radius 3 is 3.06 bits per heavy atom. The second kappa shape index (κ2) is 5.65. The van der Waals surface area contributed by atoms with Crippen molar-refractivity contribution in [2.24, 2.45) is 0 Å². The molecule has 1 aromatic rings. The lowest BCUT2D eigenvalue weighted by atomic mass is 9.82. The van der Waals surface area contributed by atoms with Crippen molar-refractivity contribution in [3.8, 4) is 0 Å². The van der Waals surface area contributed by atoms with E-state index >= 15 is 0 Å². The van der Waals surface area contributed by atoms with Gasteiger partial charge < -0.3 is 10.4 Å². The number of hydrogen-bond donors (Lipinski definition) is 2. The molecule has 1 aliphatic rings. The first-order valence-electron chi connectivity index (χ1n) is 5.94. The van der Waals surface area contributed by atoms with Gasteiger partial charge in [-0.05, 0) is 44.8 Å². The Morgan fingerprint density at radius 2 is 2.47 bits per heavy atom. The lowest BCUT2D eigenvalue weighted by Crippen LogP contribution is -2.50. The highest BCUT2D eigenvalue weighted by molar-refractivity contribution is 8.01. The van der Waals surface area contributed by atoms with Crippen LogP contribution in [0, 0.1) is 6.92 Å². The summed E-state index contributed by atoms with van der Waals surface area (Å²) >= 11 is 3.29. The van der Waals surface area contributed by atoms with Crippen LogP contribution < -0.4 is 5.32 Å². The SMILES string of the molecule is CNC1(CO)CCCC(Sc2nc(C)ns2)C1. The first-order chi connectivity index (χ1) is 8.17. The van der Waals surface area contributed by atoms with Gasteiger partial charge in [0.25, 0.3) is 0 Å². The molecule has 1 aromatic heterocycles. The third kappa shape index (κ3) is 3.19. The van der Waals surface area contributed by atoms with Crippen LogP contribution in [-0.4, -0.2) is 38.9 Å². The molecule has 1 saturated carbocycles. The number of aliphatic hydroxyl groups excluding tert-OH is 1. The van der Waals surface area contributed by atoms with Gasteiger partial charge in [0.1, 0.15) is 5.82 Å². The Kier molecular flexibility index (Phi) is 4.41. The van der Waals surface area contributed by atoms with Gasteiger partial charge in [0.2, 0.25) is 0 Å². The van der Waals surface area contributed by atoms with Crippen LogP contribution in [0.2, 0.25) is 0 Å². The molecule has 0 saturated heterocycles. The second-order valence-electron chi connectivity index (χ2n) is 4.63. The molecule has 0 bridgehead atoms. The highest BCUT2D eigenvalue weighted by atomic mass is 32.2. The van der Waals surface area contributed by atoms with E-state index in [2.05, 4.69) is 14.7 Å². The van der Waals surface area contributed by atoms with Crippen LogP contribution in [0.25, 0.3) is 0 Å². The molecule has 2 atom stereocenters. The second-order valence-corrected chi connectivity index (χ2v) is 6.93. The molecule has 6 heteroatoms. The smallest absolute Gasteiger partial charge is 0.170 e. The monoisotopic (exact) mass is 273 g/mol. The quantitative estimate of drug-likeness (QED) is 0.876. The molecule has 0 aliphatic heterocycles. The third-order valence-corrected chi connectivity index (χ3v) is 5.55. The predicted molar refractivity (Wildman–Crippen MR) is 71.6 cm³/mol. The largest absolute Gasteiger partial charge is 0.394 e. The van der Waals surface area contributed by atoms with Crippen LogP contribution in [-0.2, 0) is 0 Å². The maximum absolute atomic E-state index is 9.53. The minimum atomic E-state index is -0.0876. The number of aryl methyl sites for hydroxylation is 1. The number of nitrogens with one attached hydrogen (secondary N) is 1. The summed E-state index contributed by atoms with van der Waals surface area (Å²) in [5.41, 5.74) is -0.0876. The van der Waals surface area contributed by atoms with E-state index in [4.69, 9.17) is 0 Å². The number of likely N-dealkylation sites (N-methyl/N-ethyl adjacent to an activating group) is 1. The fourth-order valence-corrected chi connectivity index (χ4v) is 4.60. The summed E-state index contributed by atoms with van der Waals surface area (Å²) in [6, 6.07) is 0. The Bertz CT molecular complexity index is 365. The number of aromatic nitrogens is 2. The van der Waals surface area contributed by atoms with E-state index < -0.39 is 0 Å². The van der Waals surface area contributed by atoms with Crippen molar-refractivity contribution in [1.82, 2.24) is 14.7 Å². The van der Waals surface area contributed by atoms with E-state index in [0.29, 0.717) is 5.25 Å². The van der Waals surface area contributed by atoms with E-state index in [1.54, 1.807) is 0 Å². The van der Waals surface area contributed by atoms with Crippen molar-refractivity contribution >= 4 is 23.3 Å². The summed E-state index contributed by atoms with van der Waals surface area (Å²) in [6.45, 7) is 2.14. The van der Waals surface area contributed by atoms with Crippen LogP contribution >= 0.6 is 23.3 Å². The number of nitrogens with zero attached hydrogens (tertiary/aromatic N) is 2. The molecule has 2 rings (SSSR count). The van der Waals surface area contributed by atoms with E-state index in [9.17, 15) is 5.11 Å². The van der Waals surface area contributed by atoms with Crippen molar-refractivity contribution in [2.45, 2.75) is 47.7 Å². The highest BCUT2D eigenvalue weighted by Crippen LogP contribution is 2.38. The number of rotatable bonds is 4. The van der Waals surface area contributed by atoms with Crippen LogP contribution in [0.3, 0.4) is 0 Å². The van der Waals surface area contributed by atoms with Crippen molar-refractivity contribution in [2.75, 3.05) is 13.7 Å². The zero-order chi connectivity index (χ0) is 12.3. The Labute approximate surface area is 110 Å². The molecule has 0 spiro atoms. The summed E-state index contributed by atoms with van der Waals surface area (Å²) < 4.78 is 5.26. The maximum Gasteiger partial charge on any atom is 0.170 e. The molecular weight excluding hydrogens is 254 g/mol. The van der Waals surface area contributed by atoms with E-state index in [1.807, 2.05) is 25.7 Å². The molecule has 17 heavy (non-hydrogen) atoms. The zero-order valence-electron chi connectivity index (χ0n) is 10.3. The zero-order valence-corrected chi connectivity index (χ0v) is 11.9. The molecule has 0 aromatic carbocycles. The van der Waals surface area contributed by atoms with Crippen LogP contribution in [0.5, 0.6) is 0 Å². The first-order valence-corrected chi connectivity index (χ1v) is 7.59. The van der Waals surface area contributed by atoms with Crippen molar-refractivity contribution in [3.05, 3.63) is 5.82 Å². The van der Waals surface area contributed by atoms with Crippen molar-refractivity contribution in [3.63, 3.8) is 0 Å². The summed E-state index contributed by atoms with van der Waals surface area (Å²) in [4.78, 5) is 4.39. The molecule has 1 fully saturated rings. The number of thioether (sulfide) groups is 1. The Morgan fingerprint density at radius 1 is 1.65 bits per heavy atom. The molecule has 1 aliphatic carbocycles. The molecule has 0 radical (unpaired) electrons. The molecular formula is C11H19N3OS2. The lowest BCUT2D eigenvalue weighted by molar-refractivity contribution is 0.131. The highest BCUT2D eigenvalue weighted by Gasteiger charge is 2.35. The van der Waals surface area contributed by atoms with Gasteiger partial charge in [0.05, 0.1) is 6.61 Å². The summed E-state index contributed by atoms with van der Waals surface area (Å²) in [5.74, 6) is 0.857. The molecule has 2 unspecified atom stereocenters. The molecule has 96 valence electrons. The van der Waals surface area contributed by atoms with Gasteiger partial charge >= 0.3 is 0 Å². The number of aliphatic hydroxyl groups is 1.